The minimum Gasteiger partial charge on any atom is -0.362 e. The lowest BCUT2D eigenvalue weighted by atomic mass is 9.99. The molecule has 1 saturated heterocycles. The minimum absolute atomic E-state index is 0.567. The number of piperidine rings is 1. The number of thiocarbonyl (C=S) groups is 1. The van der Waals surface area contributed by atoms with Crippen LogP contribution in [0, 0.1) is 5.92 Å². The highest BCUT2D eigenvalue weighted by atomic mass is 35.5. The Bertz CT molecular complexity index is 425. The standard InChI is InChI=1S/C13H15Cl2NS/c1-9-4-6-16(7-5-9)13(17)10-2-3-11(14)12(15)8-10/h2-3,8-9H,4-7H2,1H3. The van der Waals surface area contributed by atoms with Gasteiger partial charge in [0.25, 0.3) is 0 Å². The van der Waals surface area contributed by atoms with Crippen molar-refractivity contribution in [3.8, 4) is 0 Å². The molecule has 2 rings (SSSR count). The summed E-state index contributed by atoms with van der Waals surface area (Å²) in [7, 11) is 0. The van der Waals surface area contributed by atoms with Crippen LogP contribution < -0.4 is 0 Å². The number of hydrogen-bond donors (Lipinski definition) is 0. The van der Waals surface area contributed by atoms with Crippen LogP contribution in [0.1, 0.15) is 25.3 Å². The summed E-state index contributed by atoms with van der Waals surface area (Å²) in [5.74, 6) is 0.808. The molecule has 0 spiro atoms. The highest BCUT2D eigenvalue weighted by Gasteiger charge is 2.19. The van der Waals surface area contributed by atoms with Gasteiger partial charge in [-0.1, -0.05) is 48.4 Å². The van der Waals surface area contributed by atoms with Crippen molar-refractivity contribution in [3.63, 3.8) is 0 Å². The highest BCUT2D eigenvalue weighted by Crippen LogP contribution is 2.25. The Hall–Kier alpha value is -0.310. The van der Waals surface area contributed by atoms with E-state index in [0.717, 1.165) is 29.6 Å². The van der Waals surface area contributed by atoms with Gasteiger partial charge in [-0.2, -0.15) is 0 Å². The van der Waals surface area contributed by atoms with Gasteiger partial charge in [-0.05, 0) is 30.9 Å². The Morgan fingerprint density at radius 2 is 1.88 bits per heavy atom. The van der Waals surface area contributed by atoms with E-state index in [0.29, 0.717) is 10.0 Å². The van der Waals surface area contributed by atoms with Gasteiger partial charge in [-0.25, -0.2) is 0 Å². The van der Waals surface area contributed by atoms with Crippen molar-refractivity contribution < 1.29 is 0 Å². The first-order valence-electron chi connectivity index (χ1n) is 5.82. The summed E-state index contributed by atoms with van der Waals surface area (Å²) < 4.78 is 0. The van der Waals surface area contributed by atoms with Gasteiger partial charge in [0.2, 0.25) is 0 Å². The van der Waals surface area contributed by atoms with Crippen LogP contribution in [-0.2, 0) is 0 Å². The SMILES string of the molecule is CC1CCN(C(=S)c2ccc(Cl)c(Cl)c2)CC1. The second-order valence-corrected chi connectivity index (χ2v) is 5.80. The molecule has 0 N–H and O–H groups in total. The molecule has 0 amide bonds. The molecular formula is C13H15Cl2NS. The maximum atomic E-state index is 6.01. The topological polar surface area (TPSA) is 3.24 Å². The fourth-order valence-electron chi connectivity index (χ4n) is 2.02. The number of nitrogens with zero attached hydrogens (tertiary/aromatic N) is 1. The molecule has 1 aliphatic heterocycles. The van der Waals surface area contributed by atoms with E-state index in [1.165, 1.54) is 12.8 Å². The maximum Gasteiger partial charge on any atom is 0.109 e. The molecule has 0 aromatic heterocycles. The lowest BCUT2D eigenvalue weighted by Gasteiger charge is -2.32. The molecule has 1 aromatic rings. The van der Waals surface area contributed by atoms with Crippen LogP contribution in [0.5, 0.6) is 0 Å². The van der Waals surface area contributed by atoms with E-state index in [1.807, 2.05) is 12.1 Å². The largest absolute Gasteiger partial charge is 0.362 e. The van der Waals surface area contributed by atoms with Gasteiger partial charge in [-0.3, -0.25) is 0 Å². The summed E-state index contributed by atoms with van der Waals surface area (Å²) >= 11 is 17.4. The molecule has 0 radical (unpaired) electrons. The smallest absolute Gasteiger partial charge is 0.109 e. The number of rotatable bonds is 1. The lowest BCUT2D eigenvalue weighted by molar-refractivity contribution is 0.284. The second kappa shape index (κ2) is 5.55. The normalized spacial score (nSPS) is 17.2. The molecule has 17 heavy (non-hydrogen) atoms. The van der Waals surface area contributed by atoms with Crippen LogP contribution in [-0.4, -0.2) is 23.0 Å². The van der Waals surface area contributed by atoms with Gasteiger partial charge in [0.1, 0.15) is 4.99 Å². The molecule has 1 aliphatic rings. The number of likely N-dealkylation sites (tertiary alicyclic amines) is 1. The average Bonchev–Trinajstić information content (AvgIpc) is 2.33. The van der Waals surface area contributed by atoms with E-state index in [2.05, 4.69) is 11.8 Å². The van der Waals surface area contributed by atoms with E-state index in [1.54, 1.807) is 6.07 Å². The first-order chi connectivity index (χ1) is 8.08. The monoisotopic (exact) mass is 287 g/mol. The molecule has 1 nitrogen and oxygen atoms in total. The fourth-order valence-corrected chi connectivity index (χ4v) is 2.63. The third-order valence-electron chi connectivity index (χ3n) is 3.24. The van der Waals surface area contributed by atoms with Crippen molar-refractivity contribution in [1.82, 2.24) is 4.90 Å². The van der Waals surface area contributed by atoms with E-state index < -0.39 is 0 Å². The van der Waals surface area contributed by atoms with Crippen molar-refractivity contribution in [3.05, 3.63) is 33.8 Å². The predicted molar refractivity (Wildman–Crippen MR) is 78.1 cm³/mol. The van der Waals surface area contributed by atoms with E-state index >= 15 is 0 Å². The third-order valence-corrected chi connectivity index (χ3v) is 4.47. The molecular weight excluding hydrogens is 273 g/mol. The number of hydrogen-bond acceptors (Lipinski definition) is 1. The molecule has 0 bridgehead atoms. The number of halogens is 2. The third kappa shape index (κ3) is 3.12. The average molecular weight is 288 g/mol. The summed E-state index contributed by atoms with van der Waals surface area (Å²) in [6.07, 6.45) is 2.42. The Morgan fingerprint density at radius 3 is 2.47 bits per heavy atom. The molecule has 1 aromatic carbocycles. The Morgan fingerprint density at radius 1 is 1.24 bits per heavy atom. The van der Waals surface area contributed by atoms with Gasteiger partial charge in [-0.15, -0.1) is 0 Å². The lowest BCUT2D eigenvalue weighted by Crippen LogP contribution is -2.37. The summed E-state index contributed by atoms with van der Waals surface area (Å²) in [5.41, 5.74) is 0.990. The molecule has 92 valence electrons. The van der Waals surface area contributed by atoms with Crippen LogP contribution in [0.15, 0.2) is 18.2 Å². The summed E-state index contributed by atoms with van der Waals surface area (Å²) in [4.78, 5) is 3.14. The molecule has 0 saturated carbocycles. The Kier molecular flexibility index (Phi) is 4.29. The van der Waals surface area contributed by atoms with Crippen molar-refractivity contribution in [2.75, 3.05) is 13.1 Å². The fraction of sp³-hybridized carbons (Fsp3) is 0.462. The second-order valence-electron chi connectivity index (χ2n) is 4.60. The van der Waals surface area contributed by atoms with Gasteiger partial charge >= 0.3 is 0 Å². The summed E-state index contributed by atoms with van der Waals surface area (Å²) in [5, 5.41) is 1.14. The number of benzene rings is 1. The Balaban J connectivity index is 2.11. The van der Waals surface area contributed by atoms with E-state index in [9.17, 15) is 0 Å². The quantitative estimate of drug-likeness (QED) is 0.705. The summed E-state index contributed by atoms with van der Waals surface area (Å²) in [6, 6.07) is 5.59. The van der Waals surface area contributed by atoms with Crippen molar-refractivity contribution in [1.29, 1.82) is 0 Å². The maximum absolute atomic E-state index is 6.01. The first-order valence-corrected chi connectivity index (χ1v) is 6.98. The summed E-state index contributed by atoms with van der Waals surface area (Å²) in [6.45, 7) is 4.38. The molecule has 0 aliphatic carbocycles. The van der Waals surface area contributed by atoms with Gasteiger partial charge in [0.15, 0.2) is 0 Å². The molecule has 4 heteroatoms. The van der Waals surface area contributed by atoms with Crippen LogP contribution >= 0.6 is 35.4 Å². The zero-order chi connectivity index (χ0) is 12.4. The van der Waals surface area contributed by atoms with Crippen molar-refractivity contribution in [2.45, 2.75) is 19.8 Å². The van der Waals surface area contributed by atoms with Crippen molar-refractivity contribution >= 4 is 40.4 Å². The zero-order valence-electron chi connectivity index (χ0n) is 9.75. The van der Waals surface area contributed by atoms with Gasteiger partial charge in [0, 0.05) is 18.7 Å². The predicted octanol–water partition coefficient (Wildman–Crippen LogP) is 4.40. The van der Waals surface area contributed by atoms with Gasteiger partial charge in [0.05, 0.1) is 10.0 Å². The van der Waals surface area contributed by atoms with E-state index in [4.69, 9.17) is 35.4 Å². The van der Waals surface area contributed by atoms with E-state index in [-0.39, 0.29) is 0 Å². The molecule has 1 fully saturated rings. The molecule has 1 heterocycles. The minimum atomic E-state index is 0.567. The van der Waals surface area contributed by atoms with Gasteiger partial charge < -0.3 is 4.90 Å². The first kappa shape index (κ1) is 13.1. The van der Waals surface area contributed by atoms with Crippen molar-refractivity contribution in [2.24, 2.45) is 5.92 Å². The van der Waals surface area contributed by atoms with Crippen LogP contribution in [0.2, 0.25) is 10.0 Å². The zero-order valence-corrected chi connectivity index (χ0v) is 12.1. The Labute approximate surface area is 118 Å². The van der Waals surface area contributed by atoms with Crippen LogP contribution in [0.3, 0.4) is 0 Å². The highest BCUT2D eigenvalue weighted by molar-refractivity contribution is 7.80. The molecule has 0 unspecified atom stereocenters. The van der Waals surface area contributed by atoms with Crippen LogP contribution in [0.25, 0.3) is 0 Å². The van der Waals surface area contributed by atoms with Crippen LogP contribution in [0.4, 0.5) is 0 Å². The molecule has 0 atom stereocenters.